The summed E-state index contributed by atoms with van der Waals surface area (Å²) in [7, 11) is -9.90. The highest BCUT2D eigenvalue weighted by Crippen LogP contribution is 2.45. The van der Waals surface area contributed by atoms with E-state index in [1.165, 1.54) is 135 Å². The number of aliphatic hydroxyl groups excluding tert-OH is 1. The molecule has 0 aromatic heterocycles. The van der Waals surface area contributed by atoms with Gasteiger partial charge in [0.15, 0.2) is 12.2 Å². The minimum atomic E-state index is -4.95. The number of hydrogen-bond donors (Lipinski definition) is 3. The number of ether oxygens (including phenoxy) is 4. The van der Waals surface area contributed by atoms with Crippen molar-refractivity contribution in [3.05, 3.63) is 0 Å². The normalized spacial score (nSPS) is 14.6. The Morgan fingerprint density at radius 2 is 0.545 bits per heavy atom. The van der Waals surface area contributed by atoms with E-state index < -0.39 is 97.5 Å². The number of carbonyl (C=O) groups is 4. The van der Waals surface area contributed by atoms with E-state index in [1.807, 2.05) is 0 Å². The van der Waals surface area contributed by atoms with E-state index >= 15 is 0 Å². The lowest BCUT2D eigenvalue weighted by Crippen LogP contribution is -2.30. The van der Waals surface area contributed by atoms with Crippen molar-refractivity contribution in [1.82, 2.24) is 0 Å². The van der Waals surface area contributed by atoms with Crippen LogP contribution in [-0.4, -0.2) is 96.7 Å². The number of hydrogen-bond acceptors (Lipinski definition) is 15. The molecule has 0 spiro atoms. The first-order valence-electron chi connectivity index (χ1n) is 35.7. The quantitative estimate of drug-likeness (QED) is 0.0222. The van der Waals surface area contributed by atoms with E-state index in [0.717, 1.165) is 114 Å². The van der Waals surface area contributed by atoms with Gasteiger partial charge in [0.05, 0.1) is 26.4 Å². The van der Waals surface area contributed by atoms with Crippen LogP contribution in [0.1, 0.15) is 338 Å². The number of carbonyl (C=O) groups excluding carboxylic acids is 4. The summed E-state index contributed by atoms with van der Waals surface area (Å²) >= 11 is 0. The molecule has 0 aromatic carbocycles. The lowest BCUT2D eigenvalue weighted by molar-refractivity contribution is -0.161. The van der Waals surface area contributed by atoms with E-state index in [1.54, 1.807) is 0 Å². The molecule has 3 N–H and O–H groups in total. The Kier molecular flexibility index (Phi) is 57.6. The fourth-order valence-corrected chi connectivity index (χ4v) is 11.9. The molecule has 0 aliphatic heterocycles. The second-order valence-corrected chi connectivity index (χ2v) is 29.5. The van der Waals surface area contributed by atoms with Crippen molar-refractivity contribution in [2.45, 2.75) is 356 Å². The van der Waals surface area contributed by atoms with E-state index in [0.29, 0.717) is 31.6 Å². The van der Waals surface area contributed by atoms with E-state index in [4.69, 9.17) is 37.0 Å². The molecule has 0 amide bonds. The second kappa shape index (κ2) is 58.8. The van der Waals surface area contributed by atoms with Gasteiger partial charge in [0.1, 0.15) is 19.3 Å². The highest BCUT2D eigenvalue weighted by molar-refractivity contribution is 7.47. The minimum Gasteiger partial charge on any atom is -0.462 e. The lowest BCUT2D eigenvalue weighted by atomic mass is 9.99. The van der Waals surface area contributed by atoms with Crippen molar-refractivity contribution in [2.24, 2.45) is 23.7 Å². The highest BCUT2D eigenvalue weighted by atomic mass is 31.2. The van der Waals surface area contributed by atoms with Crippen LogP contribution in [0.25, 0.3) is 0 Å². The maximum Gasteiger partial charge on any atom is 0.472 e. The molecule has 0 saturated carbocycles. The smallest absolute Gasteiger partial charge is 0.462 e. The van der Waals surface area contributed by atoms with Crippen LogP contribution in [0.2, 0.25) is 0 Å². The summed E-state index contributed by atoms with van der Waals surface area (Å²) in [4.78, 5) is 72.5. The zero-order chi connectivity index (χ0) is 65.4. The Morgan fingerprint density at radius 1 is 0.318 bits per heavy atom. The average Bonchev–Trinajstić information content (AvgIpc) is 3.44. The SMILES string of the molecule is CCC(C)CCCCCCCCCCCCC(=O)O[C@H](COC(=O)CCCCCCCCCCCCC(C)C)COP(=O)(O)OCC(O)COP(=O)(O)OC[C@@H](COC(=O)CCCCCCCCCC(C)C)OC(=O)CCCCCCCCCCC(C)C. The number of rotatable bonds is 66. The van der Waals surface area contributed by atoms with Crippen LogP contribution in [-0.2, 0) is 65.4 Å². The topological polar surface area (TPSA) is 237 Å². The Morgan fingerprint density at radius 3 is 0.807 bits per heavy atom. The molecule has 88 heavy (non-hydrogen) atoms. The molecule has 17 nitrogen and oxygen atoms in total. The van der Waals surface area contributed by atoms with Crippen molar-refractivity contribution in [3.63, 3.8) is 0 Å². The molecular weight excluding hydrogens is 1160 g/mol. The van der Waals surface area contributed by atoms with Crippen molar-refractivity contribution in [1.29, 1.82) is 0 Å². The Labute approximate surface area is 537 Å². The molecule has 0 bridgehead atoms. The summed E-state index contributed by atoms with van der Waals surface area (Å²) in [6, 6.07) is 0. The van der Waals surface area contributed by atoms with Crippen LogP contribution in [0.15, 0.2) is 0 Å². The van der Waals surface area contributed by atoms with Crippen LogP contribution < -0.4 is 0 Å². The zero-order valence-corrected chi connectivity index (χ0v) is 59.1. The second-order valence-electron chi connectivity index (χ2n) is 26.6. The largest absolute Gasteiger partial charge is 0.472 e. The first-order valence-corrected chi connectivity index (χ1v) is 38.7. The highest BCUT2D eigenvalue weighted by Gasteiger charge is 2.30. The molecule has 0 aliphatic carbocycles. The summed E-state index contributed by atoms with van der Waals surface area (Å²) in [5.41, 5.74) is 0. The third-order valence-corrected chi connectivity index (χ3v) is 18.1. The average molecular weight is 1300 g/mol. The monoisotopic (exact) mass is 1300 g/mol. The van der Waals surface area contributed by atoms with E-state index in [2.05, 4.69) is 55.4 Å². The summed E-state index contributed by atoms with van der Waals surface area (Å²) in [5.74, 6) is 0.852. The van der Waals surface area contributed by atoms with Crippen LogP contribution in [0.4, 0.5) is 0 Å². The fourth-order valence-electron chi connectivity index (χ4n) is 10.3. The summed E-state index contributed by atoms with van der Waals surface area (Å²) < 4.78 is 68.2. The molecule has 0 saturated heterocycles. The first-order chi connectivity index (χ1) is 42.1. The van der Waals surface area contributed by atoms with Crippen LogP contribution in [0.3, 0.4) is 0 Å². The van der Waals surface area contributed by atoms with Gasteiger partial charge in [-0.3, -0.25) is 37.3 Å². The van der Waals surface area contributed by atoms with Gasteiger partial charge in [-0.25, -0.2) is 9.13 Å². The van der Waals surface area contributed by atoms with Crippen LogP contribution in [0, 0.1) is 23.7 Å². The van der Waals surface area contributed by atoms with Crippen molar-refractivity contribution in [3.8, 4) is 0 Å². The van der Waals surface area contributed by atoms with Gasteiger partial charge in [-0.2, -0.15) is 0 Å². The molecule has 0 aliphatic rings. The molecule has 4 unspecified atom stereocenters. The third kappa shape index (κ3) is 61.6. The van der Waals surface area contributed by atoms with Gasteiger partial charge < -0.3 is 33.8 Å². The summed E-state index contributed by atoms with van der Waals surface area (Å²) in [5, 5.41) is 10.6. The maximum absolute atomic E-state index is 13.0. The predicted octanol–water partition coefficient (Wildman–Crippen LogP) is 19.3. The summed E-state index contributed by atoms with van der Waals surface area (Å²) in [6.07, 6.45) is 40.3. The van der Waals surface area contributed by atoms with Crippen molar-refractivity contribution >= 4 is 39.5 Å². The maximum atomic E-state index is 13.0. The van der Waals surface area contributed by atoms with Crippen LogP contribution >= 0.6 is 15.6 Å². The van der Waals surface area contributed by atoms with Gasteiger partial charge in [-0.1, -0.05) is 287 Å². The Bertz CT molecular complexity index is 1750. The molecule has 0 radical (unpaired) electrons. The van der Waals surface area contributed by atoms with Gasteiger partial charge in [0.2, 0.25) is 0 Å². The first kappa shape index (κ1) is 86.1. The van der Waals surface area contributed by atoms with Gasteiger partial charge in [-0.05, 0) is 49.4 Å². The number of phosphoric ester groups is 2. The summed E-state index contributed by atoms with van der Waals surface area (Å²) in [6.45, 7) is 14.1. The zero-order valence-electron chi connectivity index (χ0n) is 57.3. The molecular formula is C69H134O17P2. The van der Waals surface area contributed by atoms with Crippen molar-refractivity contribution in [2.75, 3.05) is 39.6 Å². The third-order valence-electron chi connectivity index (χ3n) is 16.2. The fraction of sp³-hybridized carbons (Fsp3) is 0.942. The number of phosphoric acid groups is 2. The molecule has 19 heteroatoms. The van der Waals surface area contributed by atoms with Crippen LogP contribution in [0.5, 0.6) is 0 Å². The Balaban J connectivity index is 5.27. The van der Waals surface area contributed by atoms with Gasteiger partial charge in [-0.15, -0.1) is 0 Å². The molecule has 6 atom stereocenters. The molecule has 522 valence electrons. The molecule has 0 fully saturated rings. The number of aliphatic hydroxyl groups is 1. The molecule has 0 aromatic rings. The number of unbranched alkanes of at least 4 members (excludes halogenated alkanes) is 31. The Hall–Kier alpha value is -1.94. The van der Waals surface area contributed by atoms with E-state index in [-0.39, 0.29) is 25.7 Å². The molecule has 0 rings (SSSR count). The lowest BCUT2D eigenvalue weighted by Gasteiger charge is -2.21. The predicted molar refractivity (Wildman–Crippen MR) is 354 cm³/mol. The van der Waals surface area contributed by atoms with Gasteiger partial charge in [0, 0.05) is 25.7 Å². The minimum absolute atomic E-state index is 0.103. The van der Waals surface area contributed by atoms with Gasteiger partial charge >= 0.3 is 39.5 Å². The van der Waals surface area contributed by atoms with Crippen molar-refractivity contribution < 1.29 is 80.2 Å². The van der Waals surface area contributed by atoms with Gasteiger partial charge in [0.25, 0.3) is 0 Å². The molecule has 0 heterocycles. The number of esters is 4. The standard InChI is InChI=1S/C69H134O17P2/c1-9-62(8)48-40-32-24-15-11-13-17-26-35-43-51-68(73)85-64(55-79-66(71)49-41-33-25-16-12-10-14-21-29-37-45-59(2)3)57-83-87(75,76)81-53-63(70)54-82-88(77,78)84-58-65(56-80-67(72)50-42-34-28-20-23-31-39-47-61(6)7)86-69(74)52-44-36-27-19-18-22-30-38-46-60(4)5/h59-65,70H,9-58H2,1-8H3,(H,75,76)(H,77,78)/t62?,63?,64-,65-/m1/s1. The van der Waals surface area contributed by atoms with E-state index in [9.17, 15) is 43.2 Å².